The van der Waals surface area contributed by atoms with Crippen molar-refractivity contribution in [1.29, 1.82) is 0 Å². The number of ether oxygens (including phenoxy) is 1. The summed E-state index contributed by atoms with van der Waals surface area (Å²) < 4.78 is 11.0. The lowest BCUT2D eigenvalue weighted by Crippen LogP contribution is -2.23. The maximum atomic E-state index is 9.56. The average Bonchev–Trinajstić information content (AvgIpc) is 2.98. The summed E-state index contributed by atoms with van der Waals surface area (Å²) >= 11 is 0. The zero-order chi connectivity index (χ0) is 15.4. The number of nitrogens with one attached hydrogen (secondary N) is 1. The summed E-state index contributed by atoms with van der Waals surface area (Å²) in [6, 6.07) is 17.5. The largest absolute Gasteiger partial charge is 0.497 e. The van der Waals surface area contributed by atoms with Gasteiger partial charge in [-0.2, -0.15) is 0 Å². The van der Waals surface area contributed by atoms with E-state index in [1.54, 1.807) is 7.11 Å². The van der Waals surface area contributed by atoms with Gasteiger partial charge in [0.1, 0.15) is 17.1 Å². The van der Waals surface area contributed by atoms with Crippen molar-refractivity contribution in [2.24, 2.45) is 0 Å². The van der Waals surface area contributed by atoms with Gasteiger partial charge in [-0.25, -0.2) is 0 Å². The number of hydrogen-bond acceptors (Lipinski definition) is 4. The third-order valence-corrected chi connectivity index (χ3v) is 3.68. The van der Waals surface area contributed by atoms with Crippen LogP contribution < -0.4 is 10.1 Å². The molecule has 4 nitrogen and oxygen atoms in total. The zero-order valence-electron chi connectivity index (χ0n) is 12.5. The lowest BCUT2D eigenvalue weighted by atomic mass is 10.1. The Morgan fingerprint density at radius 3 is 2.68 bits per heavy atom. The molecule has 2 N–H and O–H groups in total. The van der Waals surface area contributed by atoms with Crippen LogP contribution in [0.5, 0.6) is 5.75 Å². The highest BCUT2D eigenvalue weighted by Gasteiger charge is 2.11. The molecule has 3 rings (SSSR count). The molecule has 0 spiro atoms. The summed E-state index contributed by atoms with van der Waals surface area (Å²) in [6.07, 6.45) is 0. The molecule has 1 atom stereocenters. The molecule has 1 heterocycles. The van der Waals surface area contributed by atoms with E-state index < -0.39 is 0 Å². The SMILES string of the molecule is COc1ccc2oc(CN[C@H](CO)c3ccccc3)cc2c1. The van der Waals surface area contributed by atoms with Gasteiger partial charge in [-0.15, -0.1) is 0 Å². The van der Waals surface area contributed by atoms with Crippen molar-refractivity contribution in [3.05, 3.63) is 65.9 Å². The fourth-order valence-corrected chi connectivity index (χ4v) is 2.49. The van der Waals surface area contributed by atoms with Crippen LogP contribution in [-0.2, 0) is 6.54 Å². The van der Waals surface area contributed by atoms with Crippen molar-refractivity contribution < 1.29 is 14.3 Å². The topological polar surface area (TPSA) is 54.6 Å². The molecule has 2 aromatic carbocycles. The van der Waals surface area contributed by atoms with Gasteiger partial charge in [0.2, 0.25) is 0 Å². The molecule has 1 aromatic heterocycles. The Morgan fingerprint density at radius 1 is 1.14 bits per heavy atom. The number of aliphatic hydroxyl groups excluding tert-OH is 1. The second-order valence-electron chi connectivity index (χ2n) is 5.14. The molecule has 0 saturated carbocycles. The van der Waals surface area contributed by atoms with E-state index in [2.05, 4.69) is 5.32 Å². The minimum atomic E-state index is -0.107. The molecule has 0 aliphatic rings. The van der Waals surface area contributed by atoms with Crippen LogP contribution in [0.1, 0.15) is 17.4 Å². The molecule has 0 aliphatic heterocycles. The quantitative estimate of drug-likeness (QED) is 0.733. The Labute approximate surface area is 129 Å². The molecular formula is C18H19NO3. The summed E-state index contributed by atoms with van der Waals surface area (Å²) in [5, 5.41) is 13.9. The van der Waals surface area contributed by atoms with E-state index in [4.69, 9.17) is 9.15 Å². The summed E-state index contributed by atoms with van der Waals surface area (Å²) in [5.74, 6) is 1.64. The van der Waals surface area contributed by atoms with Crippen LogP contribution in [0.15, 0.2) is 59.0 Å². The van der Waals surface area contributed by atoms with Crippen molar-refractivity contribution in [1.82, 2.24) is 5.32 Å². The third-order valence-electron chi connectivity index (χ3n) is 3.68. The molecule has 0 amide bonds. The average molecular weight is 297 g/mol. The number of methoxy groups -OCH3 is 1. The third kappa shape index (κ3) is 3.13. The number of benzene rings is 2. The fraction of sp³-hybridized carbons (Fsp3) is 0.222. The summed E-state index contributed by atoms with van der Waals surface area (Å²) in [6.45, 7) is 0.592. The van der Waals surface area contributed by atoms with Gasteiger partial charge < -0.3 is 19.6 Å². The zero-order valence-corrected chi connectivity index (χ0v) is 12.5. The van der Waals surface area contributed by atoms with Crippen LogP contribution in [0.25, 0.3) is 11.0 Å². The van der Waals surface area contributed by atoms with Gasteiger partial charge in [0.05, 0.1) is 26.3 Å². The number of aliphatic hydroxyl groups is 1. The second kappa shape index (κ2) is 6.64. The maximum absolute atomic E-state index is 9.56. The van der Waals surface area contributed by atoms with Gasteiger partial charge in [-0.3, -0.25) is 0 Å². The van der Waals surface area contributed by atoms with E-state index in [0.717, 1.165) is 28.0 Å². The van der Waals surface area contributed by atoms with Gasteiger partial charge in [-0.1, -0.05) is 30.3 Å². The summed E-state index contributed by atoms with van der Waals surface area (Å²) in [4.78, 5) is 0. The van der Waals surface area contributed by atoms with Crippen LogP contribution in [-0.4, -0.2) is 18.8 Å². The fourth-order valence-electron chi connectivity index (χ4n) is 2.49. The molecule has 0 aliphatic carbocycles. The van der Waals surface area contributed by atoms with E-state index in [-0.39, 0.29) is 12.6 Å². The predicted molar refractivity (Wildman–Crippen MR) is 85.9 cm³/mol. The highest BCUT2D eigenvalue weighted by molar-refractivity contribution is 5.79. The molecule has 0 saturated heterocycles. The standard InChI is InChI=1S/C18H19NO3/c1-21-15-7-8-18-14(9-15)10-16(22-18)11-19-17(12-20)13-5-3-2-4-6-13/h2-10,17,19-20H,11-12H2,1H3/t17-/m1/s1. The smallest absolute Gasteiger partial charge is 0.134 e. The highest BCUT2D eigenvalue weighted by atomic mass is 16.5. The lowest BCUT2D eigenvalue weighted by molar-refractivity contribution is 0.241. The van der Waals surface area contributed by atoms with Crippen molar-refractivity contribution in [3.63, 3.8) is 0 Å². The number of rotatable bonds is 6. The first kappa shape index (κ1) is 14.6. The molecule has 0 radical (unpaired) electrons. The predicted octanol–water partition coefficient (Wildman–Crippen LogP) is 3.26. The Bertz CT molecular complexity index is 736. The molecule has 0 fully saturated rings. The Balaban J connectivity index is 1.72. The summed E-state index contributed by atoms with van der Waals surface area (Å²) in [5.41, 5.74) is 1.89. The van der Waals surface area contributed by atoms with Crippen molar-refractivity contribution in [2.45, 2.75) is 12.6 Å². The van der Waals surface area contributed by atoms with Gasteiger partial charge >= 0.3 is 0 Å². The minimum Gasteiger partial charge on any atom is -0.497 e. The number of hydrogen-bond donors (Lipinski definition) is 2. The van der Waals surface area contributed by atoms with Crippen molar-refractivity contribution in [3.8, 4) is 5.75 Å². The Kier molecular flexibility index (Phi) is 4.42. The normalized spacial score (nSPS) is 12.5. The van der Waals surface area contributed by atoms with E-state index in [1.807, 2.05) is 54.6 Å². The van der Waals surface area contributed by atoms with Crippen molar-refractivity contribution >= 4 is 11.0 Å². The van der Waals surface area contributed by atoms with Crippen LogP contribution in [0.3, 0.4) is 0 Å². The van der Waals surface area contributed by atoms with Gasteiger partial charge in [0.25, 0.3) is 0 Å². The van der Waals surface area contributed by atoms with Crippen molar-refractivity contribution in [2.75, 3.05) is 13.7 Å². The first-order valence-corrected chi connectivity index (χ1v) is 7.26. The monoisotopic (exact) mass is 297 g/mol. The lowest BCUT2D eigenvalue weighted by Gasteiger charge is -2.15. The van der Waals surface area contributed by atoms with Crippen LogP contribution >= 0.6 is 0 Å². The maximum Gasteiger partial charge on any atom is 0.134 e. The molecule has 114 valence electrons. The molecule has 0 bridgehead atoms. The van der Waals surface area contributed by atoms with Gasteiger partial charge in [0.15, 0.2) is 0 Å². The molecular weight excluding hydrogens is 278 g/mol. The van der Waals surface area contributed by atoms with Crippen LogP contribution in [0.4, 0.5) is 0 Å². The molecule has 0 unspecified atom stereocenters. The second-order valence-corrected chi connectivity index (χ2v) is 5.14. The number of furan rings is 1. The van der Waals surface area contributed by atoms with E-state index in [9.17, 15) is 5.11 Å². The van der Waals surface area contributed by atoms with E-state index in [1.165, 1.54) is 0 Å². The number of fused-ring (bicyclic) bond motifs is 1. The van der Waals surface area contributed by atoms with Crippen LogP contribution in [0, 0.1) is 0 Å². The Hall–Kier alpha value is -2.30. The highest BCUT2D eigenvalue weighted by Crippen LogP contribution is 2.24. The van der Waals surface area contributed by atoms with Gasteiger partial charge in [-0.05, 0) is 29.8 Å². The van der Waals surface area contributed by atoms with Gasteiger partial charge in [0, 0.05) is 5.39 Å². The van der Waals surface area contributed by atoms with Crippen LogP contribution in [0.2, 0.25) is 0 Å². The molecule has 22 heavy (non-hydrogen) atoms. The van der Waals surface area contributed by atoms with E-state index in [0.29, 0.717) is 6.54 Å². The Morgan fingerprint density at radius 2 is 1.95 bits per heavy atom. The first-order valence-electron chi connectivity index (χ1n) is 7.26. The minimum absolute atomic E-state index is 0.0397. The molecule has 3 aromatic rings. The van der Waals surface area contributed by atoms with E-state index >= 15 is 0 Å². The molecule has 4 heteroatoms. The first-order chi connectivity index (χ1) is 10.8. The summed E-state index contributed by atoms with van der Waals surface area (Å²) in [7, 11) is 1.65.